The van der Waals surface area contributed by atoms with E-state index < -0.39 is 0 Å². The Morgan fingerprint density at radius 2 is 2.10 bits per heavy atom. The number of nitrogens with one attached hydrogen (secondary N) is 1. The quantitative estimate of drug-likeness (QED) is 0.736. The highest BCUT2D eigenvalue weighted by molar-refractivity contribution is 5.30. The molecule has 1 aliphatic carbocycles. The number of benzene rings is 1. The molecule has 3 unspecified atom stereocenters. The van der Waals surface area contributed by atoms with Crippen LogP contribution in [0.25, 0.3) is 0 Å². The van der Waals surface area contributed by atoms with Crippen LogP contribution in [0, 0.1) is 5.92 Å². The Balaban J connectivity index is 1.88. The number of hydrogen-bond acceptors (Lipinski definition) is 2. The molecule has 0 heterocycles. The Kier molecular flexibility index (Phi) is 6.56. The summed E-state index contributed by atoms with van der Waals surface area (Å²) in [5.74, 6) is 1.92. The maximum atomic E-state index is 5.33. The van der Waals surface area contributed by atoms with Gasteiger partial charge in [0, 0.05) is 12.1 Å². The lowest BCUT2D eigenvalue weighted by Gasteiger charge is -2.23. The lowest BCUT2D eigenvalue weighted by molar-refractivity contribution is 0.390. The number of methoxy groups -OCH3 is 1. The fourth-order valence-electron chi connectivity index (χ4n) is 3.60. The van der Waals surface area contributed by atoms with Crippen LogP contribution in [0.2, 0.25) is 0 Å². The van der Waals surface area contributed by atoms with Crippen molar-refractivity contribution in [2.24, 2.45) is 5.92 Å². The minimum atomic E-state index is 0.396. The molecule has 21 heavy (non-hydrogen) atoms. The summed E-state index contributed by atoms with van der Waals surface area (Å²) in [6.45, 7) is 4.58. The smallest absolute Gasteiger partial charge is 0.119 e. The van der Waals surface area contributed by atoms with Gasteiger partial charge in [-0.1, -0.05) is 44.7 Å². The van der Waals surface area contributed by atoms with E-state index in [1.165, 1.54) is 50.5 Å². The van der Waals surface area contributed by atoms with Crippen molar-refractivity contribution in [2.45, 2.75) is 70.9 Å². The predicted molar refractivity (Wildman–Crippen MR) is 89.8 cm³/mol. The molecule has 0 spiro atoms. The summed E-state index contributed by atoms with van der Waals surface area (Å²) in [6, 6.07) is 9.50. The minimum absolute atomic E-state index is 0.396. The maximum absolute atomic E-state index is 5.33. The van der Waals surface area contributed by atoms with Gasteiger partial charge in [-0.3, -0.25) is 0 Å². The molecule has 2 nitrogen and oxygen atoms in total. The molecule has 0 saturated heterocycles. The molecule has 0 amide bonds. The third-order valence-electron chi connectivity index (χ3n) is 4.86. The number of rotatable bonds is 6. The second-order valence-corrected chi connectivity index (χ2v) is 6.52. The van der Waals surface area contributed by atoms with E-state index in [0.717, 1.165) is 11.7 Å². The van der Waals surface area contributed by atoms with Gasteiger partial charge in [-0.05, 0) is 49.8 Å². The molecule has 0 bridgehead atoms. The van der Waals surface area contributed by atoms with Crippen LogP contribution in [-0.4, -0.2) is 13.2 Å². The number of ether oxygens (including phenoxy) is 1. The summed E-state index contributed by atoms with van der Waals surface area (Å²) in [6.07, 6.45) is 9.62. The Labute approximate surface area is 130 Å². The largest absolute Gasteiger partial charge is 0.497 e. The zero-order valence-corrected chi connectivity index (χ0v) is 13.9. The second kappa shape index (κ2) is 8.43. The van der Waals surface area contributed by atoms with Crippen molar-refractivity contribution in [2.75, 3.05) is 7.11 Å². The van der Waals surface area contributed by atoms with Gasteiger partial charge < -0.3 is 10.1 Å². The SMILES string of the molecule is CCCC1CCCC(NC(C)c2cccc(OC)c2)CC1. The van der Waals surface area contributed by atoms with Crippen molar-refractivity contribution in [1.82, 2.24) is 5.32 Å². The molecule has 1 saturated carbocycles. The summed E-state index contributed by atoms with van der Waals surface area (Å²) in [7, 11) is 1.73. The molecular weight excluding hydrogens is 258 g/mol. The van der Waals surface area contributed by atoms with Crippen molar-refractivity contribution in [1.29, 1.82) is 0 Å². The molecule has 118 valence electrons. The van der Waals surface area contributed by atoms with Crippen LogP contribution >= 0.6 is 0 Å². The zero-order chi connectivity index (χ0) is 15.1. The predicted octanol–water partition coefficient (Wildman–Crippen LogP) is 5.09. The Morgan fingerprint density at radius 3 is 2.86 bits per heavy atom. The van der Waals surface area contributed by atoms with Crippen LogP contribution in [0.15, 0.2) is 24.3 Å². The van der Waals surface area contributed by atoms with Crippen LogP contribution in [0.3, 0.4) is 0 Å². The van der Waals surface area contributed by atoms with Gasteiger partial charge in [0.2, 0.25) is 0 Å². The Morgan fingerprint density at radius 1 is 1.24 bits per heavy atom. The molecule has 1 aliphatic rings. The average molecular weight is 289 g/mol. The third-order valence-corrected chi connectivity index (χ3v) is 4.86. The average Bonchev–Trinajstić information content (AvgIpc) is 2.73. The topological polar surface area (TPSA) is 21.3 Å². The van der Waals surface area contributed by atoms with E-state index in [1.54, 1.807) is 7.11 Å². The van der Waals surface area contributed by atoms with Crippen molar-refractivity contribution >= 4 is 0 Å². The van der Waals surface area contributed by atoms with Crippen LogP contribution in [-0.2, 0) is 0 Å². The summed E-state index contributed by atoms with van der Waals surface area (Å²) in [4.78, 5) is 0. The van der Waals surface area contributed by atoms with Gasteiger partial charge >= 0.3 is 0 Å². The van der Waals surface area contributed by atoms with Gasteiger partial charge in [0.25, 0.3) is 0 Å². The van der Waals surface area contributed by atoms with Gasteiger partial charge in [0.15, 0.2) is 0 Å². The maximum Gasteiger partial charge on any atom is 0.119 e. The van der Waals surface area contributed by atoms with E-state index in [1.807, 2.05) is 6.07 Å². The molecule has 0 radical (unpaired) electrons. The van der Waals surface area contributed by atoms with Crippen LogP contribution < -0.4 is 10.1 Å². The van der Waals surface area contributed by atoms with Crippen molar-refractivity contribution in [3.05, 3.63) is 29.8 Å². The first-order chi connectivity index (χ1) is 10.2. The van der Waals surface area contributed by atoms with Crippen LogP contribution in [0.4, 0.5) is 0 Å². The summed E-state index contributed by atoms with van der Waals surface area (Å²) >= 11 is 0. The first-order valence-corrected chi connectivity index (χ1v) is 8.63. The Bertz CT molecular complexity index is 418. The van der Waals surface area contributed by atoms with Gasteiger partial charge in [-0.25, -0.2) is 0 Å². The van der Waals surface area contributed by atoms with Crippen LogP contribution in [0.1, 0.15) is 70.4 Å². The highest BCUT2D eigenvalue weighted by atomic mass is 16.5. The fraction of sp³-hybridized carbons (Fsp3) is 0.684. The molecule has 2 heteroatoms. The van der Waals surface area contributed by atoms with Crippen molar-refractivity contribution < 1.29 is 4.74 Å². The molecular formula is C19H31NO. The van der Waals surface area contributed by atoms with Gasteiger partial charge in [-0.15, -0.1) is 0 Å². The van der Waals surface area contributed by atoms with E-state index in [0.29, 0.717) is 12.1 Å². The molecule has 2 rings (SSSR count). The highest BCUT2D eigenvalue weighted by Crippen LogP contribution is 2.28. The van der Waals surface area contributed by atoms with E-state index in [2.05, 4.69) is 37.4 Å². The molecule has 0 aromatic heterocycles. The summed E-state index contributed by atoms with van der Waals surface area (Å²) < 4.78 is 5.33. The summed E-state index contributed by atoms with van der Waals surface area (Å²) in [5.41, 5.74) is 1.32. The molecule has 1 N–H and O–H groups in total. The van der Waals surface area contributed by atoms with E-state index in [-0.39, 0.29) is 0 Å². The van der Waals surface area contributed by atoms with E-state index in [4.69, 9.17) is 4.74 Å². The monoisotopic (exact) mass is 289 g/mol. The standard InChI is InChI=1S/C19H31NO/c1-4-7-16-8-5-10-18(13-12-16)20-15(2)17-9-6-11-19(14-17)21-3/h6,9,11,14-16,18,20H,4-5,7-8,10,12-13H2,1-3H3. The van der Waals surface area contributed by atoms with Gasteiger partial charge in [-0.2, -0.15) is 0 Å². The van der Waals surface area contributed by atoms with Crippen LogP contribution in [0.5, 0.6) is 5.75 Å². The Hall–Kier alpha value is -1.02. The molecule has 1 fully saturated rings. The molecule has 1 aromatic rings. The van der Waals surface area contributed by atoms with Gasteiger partial charge in [0.1, 0.15) is 5.75 Å². The molecule has 3 atom stereocenters. The normalized spacial score (nSPS) is 24.3. The highest BCUT2D eigenvalue weighted by Gasteiger charge is 2.20. The minimum Gasteiger partial charge on any atom is -0.497 e. The second-order valence-electron chi connectivity index (χ2n) is 6.52. The lowest BCUT2D eigenvalue weighted by atomic mass is 9.95. The number of hydrogen-bond donors (Lipinski definition) is 1. The van der Waals surface area contributed by atoms with Gasteiger partial charge in [0.05, 0.1) is 7.11 Å². The summed E-state index contributed by atoms with van der Waals surface area (Å²) in [5, 5.41) is 3.83. The van der Waals surface area contributed by atoms with Crippen molar-refractivity contribution in [3.63, 3.8) is 0 Å². The first kappa shape index (κ1) is 16.4. The van der Waals surface area contributed by atoms with Crippen molar-refractivity contribution in [3.8, 4) is 5.75 Å². The fourth-order valence-corrected chi connectivity index (χ4v) is 3.60. The van der Waals surface area contributed by atoms with E-state index in [9.17, 15) is 0 Å². The first-order valence-electron chi connectivity index (χ1n) is 8.63. The molecule has 0 aliphatic heterocycles. The third kappa shape index (κ3) is 5.03. The molecule has 1 aromatic carbocycles. The van der Waals surface area contributed by atoms with E-state index >= 15 is 0 Å². The lowest BCUT2D eigenvalue weighted by Crippen LogP contribution is -2.31. The zero-order valence-electron chi connectivity index (χ0n) is 13.9.